The van der Waals surface area contributed by atoms with E-state index in [1.807, 2.05) is 30.4 Å². The number of aliphatic hydroxyl groups excluding tert-OH is 1. The third-order valence-electron chi connectivity index (χ3n) is 2.16. The second-order valence-corrected chi connectivity index (χ2v) is 3.27. The van der Waals surface area contributed by atoms with Crippen LogP contribution in [0.15, 0.2) is 53.4 Å². The Labute approximate surface area is 88.5 Å². The summed E-state index contributed by atoms with van der Waals surface area (Å²) in [5.74, 6) is 0.258. The van der Waals surface area contributed by atoms with E-state index >= 15 is 0 Å². The molecule has 0 saturated carbocycles. The van der Waals surface area contributed by atoms with Crippen LogP contribution < -0.4 is 0 Å². The average molecular weight is 200 g/mol. The highest BCUT2D eigenvalue weighted by Gasteiger charge is 2.05. The lowest BCUT2D eigenvalue weighted by atomic mass is 10.1. The molecule has 2 rings (SSSR count). The van der Waals surface area contributed by atoms with Crippen molar-refractivity contribution < 1.29 is 5.11 Å². The van der Waals surface area contributed by atoms with Crippen LogP contribution in [0.4, 0.5) is 0 Å². The fourth-order valence-electron chi connectivity index (χ4n) is 1.35. The SMILES string of the molecule is OC1=CC=CCC1=NCc1ccccn1. The molecular weight excluding hydrogens is 188 g/mol. The molecule has 0 atom stereocenters. The highest BCUT2D eigenvalue weighted by molar-refractivity contribution is 6.00. The summed E-state index contributed by atoms with van der Waals surface area (Å²) in [5.41, 5.74) is 1.63. The van der Waals surface area contributed by atoms with E-state index in [1.54, 1.807) is 12.3 Å². The lowest BCUT2D eigenvalue weighted by Gasteiger charge is -2.05. The van der Waals surface area contributed by atoms with Crippen molar-refractivity contribution in [3.63, 3.8) is 0 Å². The molecule has 0 amide bonds. The van der Waals surface area contributed by atoms with Gasteiger partial charge in [0.15, 0.2) is 0 Å². The van der Waals surface area contributed by atoms with Crippen molar-refractivity contribution >= 4 is 5.71 Å². The summed E-state index contributed by atoms with van der Waals surface area (Å²) in [5, 5.41) is 9.51. The molecule has 1 aromatic heterocycles. The zero-order valence-electron chi connectivity index (χ0n) is 8.30. The number of nitrogens with zero attached hydrogens (tertiary/aromatic N) is 2. The second kappa shape index (κ2) is 4.55. The minimum absolute atomic E-state index is 0.258. The molecule has 1 aliphatic rings. The molecule has 0 unspecified atom stereocenters. The van der Waals surface area contributed by atoms with Gasteiger partial charge >= 0.3 is 0 Å². The maximum atomic E-state index is 9.51. The number of pyridine rings is 1. The highest BCUT2D eigenvalue weighted by atomic mass is 16.3. The third-order valence-corrected chi connectivity index (χ3v) is 2.16. The summed E-state index contributed by atoms with van der Waals surface area (Å²) in [6.45, 7) is 0.516. The van der Waals surface area contributed by atoms with Crippen molar-refractivity contribution in [3.8, 4) is 0 Å². The Morgan fingerprint density at radius 2 is 2.33 bits per heavy atom. The predicted molar refractivity (Wildman–Crippen MR) is 59.8 cm³/mol. The highest BCUT2D eigenvalue weighted by Crippen LogP contribution is 2.08. The van der Waals surface area contributed by atoms with Gasteiger partial charge in [-0.25, -0.2) is 0 Å². The van der Waals surface area contributed by atoms with E-state index in [1.165, 1.54) is 0 Å². The van der Waals surface area contributed by atoms with E-state index in [9.17, 15) is 5.11 Å². The Balaban J connectivity index is 2.06. The number of aromatic nitrogens is 1. The fraction of sp³-hybridized carbons (Fsp3) is 0.167. The van der Waals surface area contributed by atoms with Crippen molar-refractivity contribution in [1.82, 2.24) is 4.98 Å². The van der Waals surface area contributed by atoms with Crippen LogP contribution >= 0.6 is 0 Å². The van der Waals surface area contributed by atoms with Crippen LogP contribution in [0.1, 0.15) is 12.1 Å². The molecule has 1 aliphatic carbocycles. The van der Waals surface area contributed by atoms with Gasteiger partial charge in [0.05, 0.1) is 18.0 Å². The van der Waals surface area contributed by atoms with Gasteiger partial charge in [0, 0.05) is 12.6 Å². The summed E-state index contributed by atoms with van der Waals surface area (Å²) in [6, 6.07) is 5.72. The molecule has 0 radical (unpaired) electrons. The topological polar surface area (TPSA) is 45.5 Å². The summed E-state index contributed by atoms with van der Waals surface area (Å²) in [7, 11) is 0. The number of hydrogen-bond acceptors (Lipinski definition) is 3. The van der Waals surface area contributed by atoms with Crippen LogP contribution in [0.2, 0.25) is 0 Å². The molecular formula is C12H12N2O. The zero-order valence-corrected chi connectivity index (χ0v) is 8.30. The molecule has 1 aromatic rings. The Bertz CT molecular complexity index is 419. The molecule has 1 heterocycles. The molecule has 0 aliphatic heterocycles. The first-order valence-electron chi connectivity index (χ1n) is 4.85. The van der Waals surface area contributed by atoms with E-state index in [4.69, 9.17) is 0 Å². The van der Waals surface area contributed by atoms with Gasteiger partial charge in [-0.3, -0.25) is 9.98 Å². The van der Waals surface area contributed by atoms with E-state index in [2.05, 4.69) is 9.98 Å². The van der Waals surface area contributed by atoms with Gasteiger partial charge in [-0.05, 0) is 18.2 Å². The van der Waals surface area contributed by atoms with Crippen molar-refractivity contribution in [2.24, 2.45) is 4.99 Å². The summed E-state index contributed by atoms with van der Waals surface area (Å²) >= 11 is 0. The molecule has 0 bridgehead atoms. The largest absolute Gasteiger partial charge is 0.506 e. The predicted octanol–water partition coefficient (Wildman–Crippen LogP) is 2.42. The molecule has 3 nitrogen and oxygen atoms in total. The van der Waals surface area contributed by atoms with Gasteiger partial charge in [0.25, 0.3) is 0 Å². The maximum Gasteiger partial charge on any atom is 0.136 e. The van der Waals surface area contributed by atoms with E-state index in [-0.39, 0.29) is 5.76 Å². The van der Waals surface area contributed by atoms with Gasteiger partial charge in [0.2, 0.25) is 0 Å². The van der Waals surface area contributed by atoms with Crippen molar-refractivity contribution in [2.45, 2.75) is 13.0 Å². The Morgan fingerprint density at radius 3 is 3.07 bits per heavy atom. The molecule has 15 heavy (non-hydrogen) atoms. The maximum absolute atomic E-state index is 9.51. The average Bonchev–Trinajstić information content (AvgIpc) is 2.29. The van der Waals surface area contributed by atoms with Gasteiger partial charge in [-0.1, -0.05) is 18.2 Å². The van der Waals surface area contributed by atoms with Crippen LogP contribution in [0.5, 0.6) is 0 Å². The second-order valence-electron chi connectivity index (χ2n) is 3.27. The number of aliphatic hydroxyl groups is 1. The van der Waals surface area contributed by atoms with Crippen LogP contribution in [-0.4, -0.2) is 15.8 Å². The number of allylic oxidation sites excluding steroid dienone is 4. The van der Waals surface area contributed by atoms with Crippen molar-refractivity contribution in [3.05, 3.63) is 54.1 Å². The molecule has 0 saturated heterocycles. The number of rotatable bonds is 2. The Morgan fingerprint density at radius 1 is 1.40 bits per heavy atom. The van der Waals surface area contributed by atoms with Gasteiger partial charge in [-0.15, -0.1) is 0 Å². The minimum Gasteiger partial charge on any atom is -0.506 e. The molecule has 0 aromatic carbocycles. The first-order chi connectivity index (χ1) is 7.36. The number of aliphatic imine (C=N–C) groups is 1. The lowest BCUT2D eigenvalue weighted by molar-refractivity contribution is 0.440. The van der Waals surface area contributed by atoms with Crippen molar-refractivity contribution in [2.75, 3.05) is 0 Å². The summed E-state index contributed by atoms with van der Waals surface area (Å²) in [6.07, 6.45) is 7.88. The minimum atomic E-state index is 0.258. The van der Waals surface area contributed by atoms with Crippen molar-refractivity contribution in [1.29, 1.82) is 0 Å². The van der Waals surface area contributed by atoms with Gasteiger partial charge < -0.3 is 5.11 Å². The van der Waals surface area contributed by atoms with E-state index in [0.29, 0.717) is 13.0 Å². The summed E-state index contributed by atoms with van der Waals surface area (Å²) < 4.78 is 0. The van der Waals surface area contributed by atoms with E-state index in [0.717, 1.165) is 11.4 Å². The van der Waals surface area contributed by atoms with Crippen LogP contribution in [0, 0.1) is 0 Å². The Hall–Kier alpha value is -1.90. The normalized spacial score (nSPS) is 17.9. The lowest BCUT2D eigenvalue weighted by Crippen LogP contribution is -2.04. The Kier molecular flexibility index (Phi) is 2.93. The standard InChI is InChI=1S/C12H12N2O/c15-12-7-2-1-6-11(12)14-9-10-5-3-4-8-13-10/h1-5,7-8,15H,6,9H2. The zero-order chi connectivity index (χ0) is 10.5. The molecule has 0 spiro atoms. The third kappa shape index (κ3) is 2.53. The molecule has 3 heteroatoms. The molecule has 76 valence electrons. The first kappa shape index (κ1) is 9.65. The monoisotopic (exact) mass is 200 g/mol. The van der Waals surface area contributed by atoms with Crippen LogP contribution in [0.3, 0.4) is 0 Å². The molecule has 1 N–H and O–H groups in total. The van der Waals surface area contributed by atoms with E-state index < -0.39 is 0 Å². The first-order valence-corrected chi connectivity index (χ1v) is 4.85. The van der Waals surface area contributed by atoms with Gasteiger partial charge in [0.1, 0.15) is 5.76 Å². The smallest absolute Gasteiger partial charge is 0.136 e. The quantitative estimate of drug-likeness (QED) is 0.796. The fourth-order valence-corrected chi connectivity index (χ4v) is 1.35. The summed E-state index contributed by atoms with van der Waals surface area (Å²) in [4.78, 5) is 8.48. The van der Waals surface area contributed by atoms with Gasteiger partial charge in [-0.2, -0.15) is 0 Å². The number of hydrogen-bond donors (Lipinski definition) is 1. The van der Waals surface area contributed by atoms with Crippen LogP contribution in [-0.2, 0) is 6.54 Å². The van der Waals surface area contributed by atoms with Crippen LogP contribution in [0.25, 0.3) is 0 Å². The molecule has 0 fully saturated rings.